The van der Waals surface area contributed by atoms with Crippen LogP contribution in [0.5, 0.6) is 5.75 Å². The number of rotatable bonds is 6. The van der Waals surface area contributed by atoms with Crippen molar-refractivity contribution < 1.29 is 9.15 Å². The van der Waals surface area contributed by atoms with E-state index >= 15 is 0 Å². The molecule has 1 aromatic heterocycles. The van der Waals surface area contributed by atoms with Crippen LogP contribution in [0.15, 0.2) is 34.9 Å². The zero-order valence-electron chi connectivity index (χ0n) is 12.7. The van der Waals surface area contributed by atoms with Crippen LogP contribution in [0.3, 0.4) is 0 Å². The average molecular weight is 273 g/mol. The van der Waals surface area contributed by atoms with Crippen molar-refractivity contribution in [3.63, 3.8) is 0 Å². The van der Waals surface area contributed by atoms with Crippen molar-refractivity contribution in [3.05, 3.63) is 53.0 Å². The summed E-state index contributed by atoms with van der Waals surface area (Å²) in [6.07, 6.45) is 1.72. The highest BCUT2D eigenvalue weighted by Gasteiger charge is 2.09. The van der Waals surface area contributed by atoms with Gasteiger partial charge < -0.3 is 14.5 Å². The SMILES string of the molecule is Cc1cccc(OCc2occc2CNC(C)C)c1C. The van der Waals surface area contributed by atoms with Gasteiger partial charge in [-0.3, -0.25) is 0 Å². The zero-order valence-corrected chi connectivity index (χ0v) is 12.7. The lowest BCUT2D eigenvalue weighted by molar-refractivity contribution is 0.266. The van der Waals surface area contributed by atoms with Crippen LogP contribution in [-0.4, -0.2) is 6.04 Å². The quantitative estimate of drug-likeness (QED) is 0.864. The first-order valence-electron chi connectivity index (χ1n) is 7.05. The minimum Gasteiger partial charge on any atom is -0.485 e. The predicted octanol–water partition coefficient (Wildman–Crippen LogP) is 3.97. The van der Waals surface area contributed by atoms with Gasteiger partial charge in [-0.25, -0.2) is 0 Å². The van der Waals surface area contributed by atoms with E-state index in [1.807, 2.05) is 18.2 Å². The van der Waals surface area contributed by atoms with Gasteiger partial charge >= 0.3 is 0 Å². The Morgan fingerprint density at radius 3 is 2.75 bits per heavy atom. The molecule has 0 unspecified atom stereocenters. The Morgan fingerprint density at radius 2 is 2.00 bits per heavy atom. The number of benzene rings is 1. The van der Waals surface area contributed by atoms with E-state index in [1.165, 1.54) is 11.1 Å². The Balaban J connectivity index is 2.00. The Morgan fingerprint density at radius 1 is 1.20 bits per heavy atom. The lowest BCUT2D eigenvalue weighted by Gasteiger charge is -2.11. The summed E-state index contributed by atoms with van der Waals surface area (Å²) in [6.45, 7) is 9.70. The second-order valence-electron chi connectivity index (χ2n) is 5.39. The van der Waals surface area contributed by atoms with Crippen molar-refractivity contribution in [2.75, 3.05) is 0 Å². The minimum atomic E-state index is 0.456. The maximum absolute atomic E-state index is 5.89. The van der Waals surface area contributed by atoms with Gasteiger partial charge in [0.1, 0.15) is 18.1 Å². The Kier molecular flexibility index (Phi) is 4.85. The molecule has 0 spiro atoms. The second-order valence-corrected chi connectivity index (χ2v) is 5.39. The van der Waals surface area contributed by atoms with Gasteiger partial charge in [0.15, 0.2) is 0 Å². The lowest BCUT2D eigenvalue weighted by Crippen LogP contribution is -2.22. The molecular weight excluding hydrogens is 250 g/mol. The molecule has 3 nitrogen and oxygen atoms in total. The minimum absolute atomic E-state index is 0.456. The summed E-state index contributed by atoms with van der Waals surface area (Å²) in [6, 6.07) is 8.56. The Bertz CT molecular complexity index is 558. The molecule has 0 atom stereocenters. The summed E-state index contributed by atoms with van der Waals surface area (Å²) in [5.74, 6) is 1.81. The summed E-state index contributed by atoms with van der Waals surface area (Å²) >= 11 is 0. The molecule has 2 aromatic rings. The molecule has 0 saturated carbocycles. The van der Waals surface area contributed by atoms with E-state index in [4.69, 9.17) is 9.15 Å². The third-order valence-electron chi connectivity index (χ3n) is 3.45. The van der Waals surface area contributed by atoms with Crippen molar-refractivity contribution in [2.24, 2.45) is 0 Å². The van der Waals surface area contributed by atoms with E-state index < -0.39 is 0 Å². The van der Waals surface area contributed by atoms with Crippen LogP contribution in [0.1, 0.15) is 36.3 Å². The molecule has 1 heterocycles. The maximum Gasteiger partial charge on any atom is 0.146 e. The molecule has 20 heavy (non-hydrogen) atoms. The molecule has 1 N–H and O–H groups in total. The van der Waals surface area contributed by atoms with Gasteiger partial charge in [-0.2, -0.15) is 0 Å². The van der Waals surface area contributed by atoms with Crippen LogP contribution in [0.2, 0.25) is 0 Å². The van der Waals surface area contributed by atoms with Gasteiger partial charge in [-0.1, -0.05) is 26.0 Å². The molecule has 1 aromatic carbocycles. The lowest BCUT2D eigenvalue weighted by atomic mass is 10.1. The van der Waals surface area contributed by atoms with Gasteiger partial charge in [-0.15, -0.1) is 0 Å². The molecule has 0 aliphatic carbocycles. The van der Waals surface area contributed by atoms with Crippen molar-refractivity contribution >= 4 is 0 Å². The molecule has 108 valence electrons. The molecule has 0 bridgehead atoms. The van der Waals surface area contributed by atoms with E-state index in [0.29, 0.717) is 12.6 Å². The fourth-order valence-corrected chi connectivity index (χ4v) is 1.99. The van der Waals surface area contributed by atoms with Crippen LogP contribution < -0.4 is 10.1 Å². The summed E-state index contributed by atoms with van der Waals surface area (Å²) in [7, 11) is 0. The maximum atomic E-state index is 5.89. The van der Waals surface area contributed by atoms with Gasteiger partial charge in [0, 0.05) is 18.2 Å². The average Bonchev–Trinajstić information content (AvgIpc) is 2.85. The van der Waals surface area contributed by atoms with Crippen LogP contribution in [0.4, 0.5) is 0 Å². The molecule has 0 saturated heterocycles. The summed E-state index contributed by atoms with van der Waals surface area (Å²) in [5.41, 5.74) is 3.58. The molecule has 0 aliphatic rings. The predicted molar refractivity (Wildman–Crippen MR) is 80.9 cm³/mol. The first-order valence-corrected chi connectivity index (χ1v) is 7.05. The number of aryl methyl sites for hydroxylation is 1. The van der Waals surface area contributed by atoms with Crippen LogP contribution >= 0.6 is 0 Å². The van der Waals surface area contributed by atoms with E-state index in [1.54, 1.807) is 6.26 Å². The number of furan rings is 1. The fourth-order valence-electron chi connectivity index (χ4n) is 1.99. The number of ether oxygens (including phenoxy) is 1. The van der Waals surface area contributed by atoms with Gasteiger partial charge in [0.05, 0.1) is 6.26 Å². The molecule has 0 aliphatic heterocycles. The van der Waals surface area contributed by atoms with Crippen LogP contribution in [0.25, 0.3) is 0 Å². The second kappa shape index (κ2) is 6.62. The van der Waals surface area contributed by atoms with Crippen molar-refractivity contribution in [3.8, 4) is 5.75 Å². The first-order chi connectivity index (χ1) is 9.58. The third-order valence-corrected chi connectivity index (χ3v) is 3.45. The van der Waals surface area contributed by atoms with E-state index in [9.17, 15) is 0 Å². The summed E-state index contributed by atoms with van der Waals surface area (Å²) in [4.78, 5) is 0. The van der Waals surface area contributed by atoms with Crippen molar-refractivity contribution in [1.29, 1.82) is 0 Å². The molecular formula is C17H23NO2. The smallest absolute Gasteiger partial charge is 0.146 e. The van der Waals surface area contributed by atoms with Gasteiger partial charge in [-0.05, 0) is 37.1 Å². The summed E-state index contributed by atoms with van der Waals surface area (Å²) in [5, 5.41) is 3.39. The number of hydrogen-bond donors (Lipinski definition) is 1. The normalized spacial score (nSPS) is 11.1. The van der Waals surface area contributed by atoms with E-state index in [0.717, 1.165) is 23.6 Å². The number of nitrogens with one attached hydrogen (secondary N) is 1. The first kappa shape index (κ1) is 14.7. The standard InChI is InChI=1S/C17H23NO2/c1-12(2)18-10-15-8-9-19-17(15)11-20-16-7-5-6-13(3)14(16)4/h5-9,12,18H,10-11H2,1-4H3. The topological polar surface area (TPSA) is 34.4 Å². The third kappa shape index (κ3) is 3.64. The molecule has 2 rings (SSSR count). The largest absolute Gasteiger partial charge is 0.485 e. The molecule has 0 fully saturated rings. The van der Waals surface area contributed by atoms with E-state index in [-0.39, 0.29) is 0 Å². The number of hydrogen-bond acceptors (Lipinski definition) is 3. The zero-order chi connectivity index (χ0) is 14.5. The van der Waals surface area contributed by atoms with Gasteiger partial charge in [0.25, 0.3) is 0 Å². The highest BCUT2D eigenvalue weighted by molar-refractivity contribution is 5.38. The molecule has 0 radical (unpaired) electrons. The van der Waals surface area contributed by atoms with Crippen molar-refractivity contribution in [1.82, 2.24) is 5.32 Å². The van der Waals surface area contributed by atoms with Gasteiger partial charge in [0.2, 0.25) is 0 Å². The summed E-state index contributed by atoms with van der Waals surface area (Å²) < 4.78 is 11.4. The Labute approximate surface area is 121 Å². The monoisotopic (exact) mass is 273 g/mol. The molecule has 0 amide bonds. The molecule has 3 heteroatoms. The van der Waals surface area contributed by atoms with Crippen LogP contribution in [0, 0.1) is 13.8 Å². The Hall–Kier alpha value is -1.74. The highest BCUT2D eigenvalue weighted by Crippen LogP contribution is 2.22. The van der Waals surface area contributed by atoms with E-state index in [2.05, 4.69) is 39.1 Å². The fraction of sp³-hybridized carbons (Fsp3) is 0.412. The van der Waals surface area contributed by atoms with Crippen LogP contribution in [-0.2, 0) is 13.2 Å². The van der Waals surface area contributed by atoms with Crippen molar-refractivity contribution in [2.45, 2.75) is 46.9 Å². The highest BCUT2D eigenvalue weighted by atomic mass is 16.5.